The first-order valence-corrected chi connectivity index (χ1v) is 43.5. The molecule has 0 saturated heterocycles. The van der Waals surface area contributed by atoms with Gasteiger partial charge in [0.15, 0.2) is 23.1 Å². The summed E-state index contributed by atoms with van der Waals surface area (Å²) in [6, 6.07) is 25.0. The van der Waals surface area contributed by atoms with Gasteiger partial charge in [0.05, 0.1) is 30.7 Å². The van der Waals surface area contributed by atoms with Crippen LogP contribution in [0.1, 0.15) is 217 Å². The summed E-state index contributed by atoms with van der Waals surface area (Å²) in [7, 11) is 0. The van der Waals surface area contributed by atoms with Crippen LogP contribution in [0.15, 0.2) is 158 Å². The number of fused-ring (bicyclic) bond motifs is 12. The smallest absolute Gasteiger partial charge is 0.357 e. The topological polar surface area (TPSA) is 157 Å². The monoisotopic (exact) mass is 1830 g/mol. The summed E-state index contributed by atoms with van der Waals surface area (Å²) in [6.07, 6.45) is 10.7. The summed E-state index contributed by atoms with van der Waals surface area (Å²) in [5.74, 6) is -11.3. The van der Waals surface area contributed by atoms with Crippen molar-refractivity contribution in [3.8, 4) is 0 Å². The van der Waals surface area contributed by atoms with Gasteiger partial charge in [-0.2, -0.15) is 13.2 Å². The Morgan fingerprint density at radius 2 is 0.712 bits per heavy atom. The lowest BCUT2D eigenvalue weighted by molar-refractivity contribution is -0.195. The minimum Gasteiger partial charge on any atom is -0.357 e. The van der Waals surface area contributed by atoms with Crippen molar-refractivity contribution in [3.05, 3.63) is 300 Å². The summed E-state index contributed by atoms with van der Waals surface area (Å²) in [6.45, 7) is 18.7. The van der Waals surface area contributed by atoms with Gasteiger partial charge in [0.25, 0.3) is 5.92 Å². The van der Waals surface area contributed by atoms with Gasteiger partial charge in [-0.15, -0.1) is 0 Å². The number of pyridine rings is 1. The highest BCUT2D eigenvalue weighted by Crippen LogP contribution is 2.53. The molecule has 9 heterocycles. The third kappa shape index (κ3) is 21.1. The third-order valence-corrected chi connectivity index (χ3v) is 24.9. The Morgan fingerprint density at radius 3 is 1.08 bits per heavy atom. The molecule has 0 spiro atoms. The number of ketones is 4. The van der Waals surface area contributed by atoms with Crippen LogP contribution in [0.2, 0.25) is 0 Å². The Kier molecular flexibility index (Phi) is 27.5. The number of para-hydroxylation sites is 2. The van der Waals surface area contributed by atoms with Crippen molar-refractivity contribution in [3.63, 3.8) is 0 Å². The summed E-state index contributed by atoms with van der Waals surface area (Å²) >= 11 is 0. The van der Waals surface area contributed by atoms with Crippen LogP contribution in [0.25, 0.3) is 68.0 Å². The highest BCUT2D eigenvalue weighted by Gasteiger charge is 2.54. The molecule has 7 aromatic carbocycles. The minimum atomic E-state index is -4.78. The van der Waals surface area contributed by atoms with Crippen molar-refractivity contribution in [2.45, 2.75) is 200 Å². The second-order valence-corrected chi connectivity index (χ2v) is 37.2. The van der Waals surface area contributed by atoms with Gasteiger partial charge in [0.2, 0.25) is 0 Å². The van der Waals surface area contributed by atoms with Crippen LogP contribution in [0, 0.1) is 57.8 Å². The summed E-state index contributed by atoms with van der Waals surface area (Å²) in [5.41, 5.74) is 4.09. The summed E-state index contributed by atoms with van der Waals surface area (Å²) < 4.78 is 238. The molecule has 0 radical (unpaired) electrons. The molecule has 12 aromatic rings. The molecule has 1 saturated carbocycles. The van der Waals surface area contributed by atoms with Gasteiger partial charge in [-0.05, 0) is 280 Å². The number of alkyl halides is 7. The molecule has 132 heavy (non-hydrogen) atoms. The van der Waals surface area contributed by atoms with Crippen LogP contribution in [0.3, 0.4) is 0 Å². The summed E-state index contributed by atoms with van der Waals surface area (Å²) in [4.78, 5) is 68.3. The number of benzene rings is 7. The molecule has 29 heteroatoms. The van der Waals surface area contributed by atoms with Crippen LogP contribution >= 0.6 is 0 Å². The second kappa shape index (κ2) is 37.7. The average molecular weight is 1830 g/mol. The average Bonchev–Trinajstić information content (AvgIpc) is 1.66. The van der Waals surface area contributed by atoms with E-state index >= 15 is 35.1 Å². The third-order valence-electron chi connectivity index (χ3n) is 24.9. The largest absolute Gasteiger partial charge is 0.404 e. The van der Waals surface area contributed by atoms with Crippen LogP contribution in [0.4, 0.5) is 70.2 Å². The van der Waals surface area contributed by atoms with E-state index in [0.29, 0.717) is 68.4 Å². The fourth-order valence-corrected chi connectivity index (χ4v) is 18.9. The first kappa shape index (κ1) is 96.3. The van der Waals surface area contributed by atoms with Crippen molar-refractivity contribution in [1.82, 2.24) is 44.5 Å². The maximum absolute atomic E-state index is 15.5. The zero-order valence-corrected chi connectivity index (χ0v) is 74.9. The zero-order chi connectivity index (χ0) is 95.6. The molecular formula is C103H101F16N9O4. The number of aromatic nitrogens is 5. The standard InChI is InChI=1S/C27H28F2N2O.C26H24F6N2O.C25H23F5N2O.C25H26F3N3O/c1-16-12-20-19-6-4-5-7-23(19)30-25(20)26(31(16)15-27(3)10-11-27)24-21(28)13-18(14-22(24)29)9-8-17(2)32;1-14(35)8-9-15-10-18(27)22(19(28)11-15)24-23-17(16-6-4-5-7-20(16)33-23)12-21(26(30,31)32)34(24)13-25(2,3)29;1-13-8-18-17-11-16(26)6-7-21(17)31-23(18)24(32(13)12-25(3,29)30)22-19(27)9-15(10-20(22)28)5-4-14(2)33;1-14-10-18-17-6-5-9-29-24(17)30-22(18)23(31(14)13-25(3,4)28)21-19(26)11-16(12-20(21)27)8-7-15(2)32/h4-9,13-14,16,26,30H,10-12,15H2,1-3H3;4-11,21,24,33H,12-13H2,1-3H3;4-7,9-11,13,24,31H,8,12H2,1-3H3;5-9,11-12,14,23H,10,13H2,1-4H3,(H,29,30)/b2*9-8+;5-4+;8-7+/t16-,26-;;13?,24-;14?,23-/m1.11/s1. The quantitative estimate of drug-likeness (QED) is 0.0431. The van der Waals surface area contributed by atoms with Crippen LogP contribution in [0.5, 0.6) is 0 Å². The lowest BCUT2D eigenvalue weighted by atomic mass is 9.86. The fraction of sp³-hybridized carbons (Fsp3) is 0.350. The first-order valence-electron chi connectivity index (χ1n) is 43.5. The van der Waals surface area contributed by atoms with Gasteiger partial charge < -0.3 is 19.9 Å². The first-order chi connectivity index (χ1) is 62.0. The van der Waals surface area contributed by atoms with Gasteiger partial charge in [-0.1, -0.05) is 67.6 Å². The number of aromatic amines is 4. The Hall–Kier alpha value is -11.8. The number of rotatable bonds is 20. The minimum absolute atomic E-state index is 0.00589. The Morgan fingerprint density at radius 1 is 0.394 bits per heavy atom. The van der Waals surface area contributed by atoms with Gasteiger partial charge in [0, 0.05) is 134 Å². The number of hydrogen-bond acceptors (Lipinski definition) is 9. The molecule has 1 fully saturated rings. The molecule has 0 bridgehead atoms. The van der Waals surface area contributed by atoms with Gasteiger partial charge in [-0.3, -0.25) is 38.8 Å². The van der Waals surface area contributed by atoms with E-state index in [1.54, 1.807) is 37.4 Å². The van der Waals surface area contributed by atoms with E-state index in [-0.39, 0.29) is 86.3 Å². The molecule has 4 unspecified atom stereocenters. The molecule has 4 N–H and O–H groups in total. The van der Waals surface area contributed by atoms with E-state index < -0.39 is 137 Å². The molecule has 5 aromatic heterocycles. The number of halogens is 16. The number of hydrogen-bond donors (Lipinski definition) is 4. The second-order valence-electron chi connectivity index (χ2n) is 37.2. The van der Waals surface area contributed by atoms with Crippen molar-refractivity contribution in [2.75, 3.05) is 26.2 Å². The predicted octanol–water partition coefficient (Wildman–Crippen LogP) is 24.6. The lowest BCUT2D eigenvalue weighted by Crippen LogP contribution is -2.55. The maximum Gasteiger partial charge on any atom is 0.404 e. The normalized spacial score (nSPS) is 20.2. The Bertz CT molecular complexity index is 6290. The Labute approximate surface area is 753 Å². The molecule has 13 nitrogen and oxygen atoms in total. The number of H-pyrrole nitrogens is 4. The zero-order valence-electron chi connectivity index (χ0n) is 74.9. The number of carbonyl (C=O) groups is 4. The Balaban J connectivity index is 0.000000142. The predicted molar refractivity (Wildman–Crippen MR) is 481 cm³/mol. The van der Waals surface area contributed by atoms with Crippen molar-refractivity contribution >= 4 is 91.2 Å². The van der Waals surface area contributed by atoms with E-state index in [9.17, 15) is 54.3 Å². The molecule has 0 amide bonds. The van der Waals surface area contributed by atoms with Crippen molar-refractivity contribution in [2.24, 2.45) is 5.41 Å². The van der Waals surface area contributed by atoms with E-state index in [4.69, 9.17) is 0 Å². The molecular weight excluding hydrogens is 1730 g/mol. The molecule has 4 aliphatic heterocycles. The highest BCUT2D eigenvalue weighted by atomic mass is 19.4. The van der Waals surface area contributed by atoms with E-state index in [1.165, 1.54) is 131 Å². The number of allylic oxidation sites excluding steroid dienone is 4. The van der Waals surface area contributed by atoms with Gasteiger partial charge in [-0.25, -0.2) is 62.1 Å². The van der Waals surface area contributed by atoms with Crippen molar-refractivity contribution in [1.29, 1.82) is 0 Å². The summed E-state index contributed by atoms with van der Waals surface area (Å²) in [5, 5.41) is 3.10. The lowest BCUT2D eigenvalue weighted by Gasteiger charge is -2.44. The highest BCUT2D eigenvalue weighted by molar-refractivity contribution is 5.94. The van der Waals surface area contributed by atoms with E-state index in [0.717, 1.165) is 115 Å². The van der Waals surface area contributed by atoms with Gasteiger partial charge >= 0.3 is 6.18 Å². The molecule has 1 aliphatic carbocycles. The maximum atomic E-state index is 15.5. The molecule has 5 aliphatic rings. The SMILES string of the molecule is CC(=O)/C=C/c1cc(F)c(C2c3[nH]c4ccccc4c3CC(C(F)(F)F)N2CC(C)(C)F)c(F)c1.CC(=O)/C=C/c1cc(F)c([C@@H]2c3[nH]c4ccc(F)cc4c3CC(C)N2CC(C)(F)F)c(F)c1.CC(=O)/C=C/c1cc(F)c([C@@H]2c3[nH]c4ccccc4c3C[C@@H](C)N2CC2(C)CC2)c(F)c1.CC(=O)/C=C/c1cc(F)c([C@@H]2c3[nH]c4ncccc4c3CC(C)N2CC(C)(C)F)c(F)c1. The number of nitrogens with one attached hydrogen (secondary N) is 4. The molecule has 694 valence electrons. The molecule has 8 atom stereocenters. The van der Waals surface area contributed by atoms with Gasteiger partial charge in [0.1, 0.15) is 75.4 Å². The van der Waals surface area contributed by atoms with Crippen LogP contribution < -0.4 is 0 Å². The molecule has 17 rings (SSSR count). The van der Waals surface area contributed by atoms with Crippen LogP contribution in [-0.2, 0) is 44.9 Å². The van der Waals surface area contributed by atoms with Crippen LogP contribution in [-0.4, -0.2) is 141 Å². The number of nitrogens with zero attached hydrogens (tertiary/aromatic N) is 5. The van der Waals surface area contributed by atoms with E-state index in [2.05, 4.69) is 49.7 Å². The number of carbonyl (C=O) groups excluding carboxylic acids is 4. The fourth-order valence-electron chi connectivity index (χ4n) is 18.9. The van der Waals surface area contributed by atoms with Crippen molar-refractivity contribution < 1.29 is 89.4 Å². The van der Waals surface area contributed by atoms with E-state index in [1.807, 2.05) is 42.2 Å².